The Morgan fingerprint density at radius 2 is 1.89 bits per heavy atom. The molecule has 0 saturated heterocycles. The smallest absolute Gasteiger partial charge is 0.238 e. The molecule has 5 nitrogen and oxygen atoms in total. The van der Waals surface area contributed by atoms with Crippen molar-refractivity contribution in [2.24, 2.45) is 0 Å². The molecule has 2 N–H and O–H groups in total. The van der Waals surface area contributed by atoms with E-state index in [2.05, 4.69) is 34.7 Å². The lowest BCUT2D eigenvalue weighted by molar-refractivity contribution is -0.124. The first-order chi connectivity index (χ1) is 13.1. The average Bonchev–Trinajstić information content (AvgIpc) is 2.67. The molecule has 1 heterocycles. The Morgan fingerprint density at radius 1 is 1.15 bits per heavy atom. The molecule has 142 valence electrons. The summed E-state index contributed by atoms with van der Waals surface area (Å²) in [6.45, 7) is 2.42. The van der Waals surface area contributed by atoms with Crippen molar-refractivity contribution in [2.45, 2.75) is 29.5 Å². The molecule has 0 saturated carbocycles. The molecule has 2 amide bonds. The molecule has 3 rings (SSSR count). The summed E-state index contributed by atoms with van der Waals surface area (Å²) >= 11 is 1.46. The van der Waals surface area contributed by atoms with Gasteiger partial charge in [0.25, 0.3) is 0 Å². The highest BCUT2D eigenvalue weighted by atomic mass is 32.2. The summed E-state index contributed by atoms with van der Waals surface area (Å²) in [6, 6.07) is 18.0. The van der Waals surface area contributed by atoms with Crippen molar-refractivity contribution in [3.8, 4) is 0 Å². The van der Waals surface area contributed by atoms with Crippen molar-refractivity contribution in [3.63, 3.8) is 0 Å². The second-order valence-corrected chi connectivity index (χ2v) is 7.97. The molecular weight excluding hydrogens is 358 g/mol. The molecule has 0 bridgehead atoms. The number of thioether (sulfide) groups is 1. The van der Waals surface area contributed by atoms with E-state index in [1.807, 2.05) is 42.5 Å². The lowest BCUT2D eigenvalue weighted by atomic mass is 10.2. The summed E-state index contributed by atoms with van der Waals surface area (Å²) in [5.74, 6) is -0.177. The van der Waals surface area contributed by atoms with Crippen LogP contribution in [0.2, 0.25) is 0 Å². The Morgan fingerprint density at radius 3 is 2.70 bits per heavy atom. The van der Waals surface area contributed by atoms with Crippen LogP contribution in [0.5, 0.6) is 0 Å². The van der Waals surface area contributed by atoms with E-state index in [9.17, 15) is 9.59 Å². The highest BCUT2D eigenvalue weighted by Gasteiger charge is 2.28. The van der Waals surface area contributed by atoms with Gasteiger partial charge < -0.3 is 15.5 Å². The third-order valence-electron chi connectivity index (χ3n) is 4.41. The maximum atomic E-state index is 12.2. The lowest BCUT2D eigenvalue weighted by Crippen LogP contribution is -2.35. The molecule has 0 aliphatic carbocycles. The van der Waals surface area contributed by atoms with Crippen molar-refractivity contribution in [1.82, 2.24) is 10.2 Å². The van der Waals surface area contributed by atoms with Gasteiger partial charge in [-0.1, -0.05) is 42.5 Å². The van der Waals surface area contributed by atoms with Crippen LogP contribution in [0.4, 0.5) is 5.69 Å². The predicted molar refractivity (Wildman–Crippen MR) is 110 cm³/mol. The van der Waals surface area contributed by atoms with E-state index in [1.54, 1.807) is 0 Å². The molecule has 2 aromatic rings. The number of nitrogens with one attached hydrogen (secondary N) is 2. The number of nitrogens with zero attached hydrogens (tertiary/aromatic N) is 1. The maximum absolute atomic E-state index is 12.2. The van der Waals surface area contributed by atoms with Gasteiger partial charge in [-0.3, -0.25) is 9.59 Å². The number of para-hydroxylation sites is 1. The Labute approximate surface area is 164 Å². The van der Waals surface area contributed by atoms with E-state index >= 15 is 0 Å². The van der Waals surface area contributed by atoms with Crippen LogP contribution in [0.3, 0.4) is 0 Å². The molecule has 1 unspecified atom stereocenters. The van der Waals surface area contributed by atoms with Gasteiger partial charge in [0.05, 0.1) is 10.9 Å². The summed E-state index contributed by atoms with van der Waals surface area (Å²) in [6.07, 6.45) is 1.08. The number of amides is 2. The topological polar surface area (TPSA) is 61.4 Å². The minimum atomic E-state index is -0.374. The zero-order chi connectivity index (χ0) is 19.1. The van der Waals surface area contributed by atoms with Gasteiger partial charge in [0.15, 0.2) is 0 Å². The Hall–Kier alpha value is -2.31. The van der Waals surface area contributed by atoms with Crippen molar-refractivity contribution in [2.75, 3.05) is 25.5 Å². The van der Waals surface area contributed by atoms with Crippen LogP contribution in [-0.4, -0.2) is 42.1 Å². The minimum Gasteiger partial charge on any atom is -0.356 e. The summed E-state index contributed by atoms with van der Waals surface area (Å²) in [4.78, 5) is 27.6. The van der Waals surface area contributed by atoms with Crippen molar-refractivity contribution in [3.05, 3.63) is 60.2 Å². The molecule has 2 aromatic carbocycles. The van der Waals surface area contributed by atoms with E-state index in [0.717, 1.165) is 30.1 Å². The summed E-state index contributed by atoms with van der Waals surface area (Å²) in [5, 5.41) is 5.43. The number of carbonyl (C=O) groups is 2. The molecular formula is C21H25N3O2S. The minimum absolute atomic E-state index is 0.0762. The summed E-state index contributed by atoms with van der Waals surface area (Å²) in [7, 11) is 2.08. The molecule has 6 heteroatoms. The van der Waals surface area contributed by atoms with Crippen molar-refractivity contribution < 1.29 is 9.59 Å². The van der Waals surface area contributed by atoms with Crippen LogP contribution in [0.1, 0.15) is 18.4 Å². The fourth-order valence-corrected chi connectivity index (χ4v) is 4.13. The second kappa shape index (κ2) is 9.58. The molecule has 1 atom stereocenters. The van der Waals surface area contributed by atoms with Crippen LogP contribution in [0.15, 0.2) is 59.5 Å². The molecule has 0 radical (unpaired) electrons. The monoisotopic (exact) mass is 383 g/mol. The normalized spacial score (nSPS) is 15.9. The first kappa shape index (κ1) is 19.5. The van der Waals surface area contributed by atoms with Gasteiger partial charge in [0, 0.05) is 24.4 Å². The molecule has 27 heavy (non-hydrogen) atoms. The number of hydrogen-bond donors (Lipinski definition) is 2. The second-order valence-electron chi connectivity index (χ2n) is 6.72. The summed E-state index contributed by atoms with van der Waals surface area (Å²) in [5.41, 5.74) is 2.11. The van der Waals surface area contributed by atoms with Gasteiger partial charge in [-0.2, -0.15) is 0 Å². The van der Waals surface area contributed by atoms with Gasteiger partial charge in [-0.15, -0.1) is 11.8 Å². The number of anilines is 1. The largest absolute Gasteiger partial charge is 0.356 e. The van der Waals surface area contributed by atoms with Crippen LogP contribution in [-0.2, 0) is 16.1 Å². The molecule has 0 aromatic heterocycles. The van der Waals surface area contributed by atoms with Gasteiger partial charge in [-0.05, 0) is 37.7 Å². The fraction of sp³-hybridized carbons (Fsp3) is 0.333. The standard InChI is InChI=1S/C21H25N3O2S/c1-24(15-16-8-3-2-4-9-16)13-7-12-22-20(25)14-19-21(26)23-17-10-5-6-11-18(17)27-19/h2-6,8-11,19H,7,12-15H2,1H3,(H,22,25)(H,23,26). The predicted octanol–water partition coefficient (Wildman–Crippen LogP) is 3.13. The van der Waals surface area contributed by atoms with Crippen molar-refractivity contribution in [1.29, 1.82) is 0 Å². The number of rotatable bonds is 8. The van der Waals surface area contributed by atoms with Crippen LogP contribution >= 0.6 is 11.8 Å². The number of carbonyl (C=O) groups excluding carboxylic acids is 2. The molecule has 1 aliphatic rings. The van der Waals surface area contributed by atoms with Gasteiger partial charge in [0.1, 0.15) is 0 Å². The zero-order valence-electron chi connectivity index (χ0n) is 15.5. The van der Waals surface area contributed by atoms with E-state index < -0.39 is 0 Å². The Balaban J connectivity index is 1.36. The van der Waals surface area contributed by atoms with E-state index in [1.165, 1.54) is 17.3 Å². The van der Waals surface area contributed by atoms with Crippen LogP contribution in [0, 0.1) is 0 Å². The Kier molecular flexibility index (Phi) is 6.90. The number of fused-ring (bicyclic) bond motifs is 1. The SMILES string of the molecule is CN(CCCNC(=O)CC1Sc2ccccc2NC1=O)Cc1ccccc1. The fourth-order valence-electron chi connectivity index (χ4n) is 3.02. The first-order valence-electron chi connectivity index (χ1n) is 9.17. The van der Waals surface area contributed by atoms with Gasteiger partial charge >= 0.3 is 0 Å². The summed E-state index contributed by atoms with van der Waals surface area (Å²) < 4.78 is 0. The van der Waals surface area contributed by atoms with E-state index in [-0.39, 0.29) is 23.5 Å². The highest BCUT2D eigenvalue weighted by molar-refractivity contribution is 8.01. The van der Waals surface area contributed by atoms with Crippen molar-refractivity contribution >= 4 is 29.3 Å². The number of hydrogen-bond acceptors (Lipinski definition) is 4. The average molecular weight is 384 g/mol. The highest BCUT2D eigenvalue weighted by Crippen LogP contribution is 2.36. The molecule has 1 aliphatic heterocycles. The lowest BCUT2D eigenvalue weighted by Gasteiger charge is -2.23. The third-order valence-corrected chi connectivity index (χ3v) is 5.69. The quantitative estimate of drug-likeness (QED) is 0.688. The maximum Gasteiger partial charge on any atom is 0.238 e. The van der Waals surface area contributed by atoms with Gasteiger partial charge in [0.2, 0.25) is 11.8 Å². The first-order valence-corrected chi connectivity index (χ1v) is 10.1. The van der Waals surface area contributed by atoms with Crippen LogP contribution < -0.4 is 10.6 Å². The van der Waals surface area contributed by atoms with E-state index in [0.29, 0.717) is 6.54 Å². The molecule has 0 fully saturated rings. The zero-order valence-corrected chi connectivity index (χ0v) is 16.3. The Bertz CT molecular complexity index is 782. The third kappa shape index (κ3) is 5.84. The number of benzene rings is 2. The van der Waals surface area contributed by atoms with E-state index in [4.69, 9.17) is 0 Å². The van der Waals surface area contributed by atoms with Gasteiger partial charge in [-0.25, -0.2) is 0 Å². The molecule has 0 spiro atoms. The van der Waals surface area contributed by atoms with Crippen LogP contribution in [0.25, 0.3) is 0 Å².